The van der Waals surface area contributed by atoms with Gasteiger partial charge in [0.15, 0.2) is 40.2 Å². The molecule has 2 aliphatic heterocycles. The number of ether oxygens (including phenoxy) is 3. The molecule has 0 aromatic heterocycles. The Labute approximate surface area is 275 Å². The van der Waals surface area contributed by atoms with E-state index < -0.39 is 83.6 Å². The van der Waals surface area contributed by atoms with Crippen molar-refractivity contribution in [1.82, 2.24) is 0 Å². The van der Waals surface area contributed by atoms with Crippen molar-refractivity contribution in [1.29, 1.82) is 0 Å². The molecule has 2 aromatic carbocycles. The third-order valence-corrected chi connectivity index (χ3v) is 9.60. The molecule has 14 nitrogen and oxygen atoms in total. The quantitative estimate of drug-likeness (QED) is 0.110. The van der Waals surface area contributed by atoms with Crippen LogP contribution in [-0.2, 0) is 30.5 Å². The third kappa shape index (κ3) is 6.42. The molecule has 258 valence electrons. The third-order valence-electron chi connectivity index (χ3n) is 9.60. The molecule has 2 heterocycles. The summed E-state index contributed by atoms with van der Waals surface area (Å²) in [5.41, 5.74) is 0.928. The van der Waals surface area contributed by atoms with Crippen molar-refractivity contribution in [2.45, 2.75) is 67.7 Å². The van der Waals surface area contributed by atoms with E-state index in [0.29, 0.717) is 5.56 Å². The molecule has 3 aliphatic rings. The summed E-state index contributed by atoms with van der Waals surface area (Å²) >= 11 is 0. The Morgan fingerprint density at radius 1 is 1.00 bits per heavy atom. The van der Waals surface area contributed by atoms with Crippen LogP contribution in [0.2, 0.25) is 0 Å². The van der Waals surface area contributed by atoms with Gasteiger partial charge in [0, 0.05) is 18.9 Å². The Kier molecular flexibility index (Phi) is 9.97. The van der Waals surface area contributed by atoms with Crippen LogP contribution in [0.25, 0.3) is 12.2 Å². The second-order valence-electron chi connectivity index (χ2n) is 12.4. The largest absolute Gasteiger partial charge is 0.504 e. The maximum atomic E-state index is 13.6. The molecule has 3 fully saturated rings. The number of aliphatic hydroxyl groups excluding tert-OH is 2. The molecule has 0 amide bonds. The van der Waals surface area contributed by atoms with Crippen molar-refractivity contribution in [2.75, 3.05) is 19.8 Å². The molecule has 2 aromatic rings. The zero-order valence-corrected chi connectivity index (χ0v) is 25.9. The van der Waals surface area contributed by atoms with Crippen LogP contribution in [0.3, 0.4) is 0 Å². The minimum Gasteiger partial charge on any atom is -0.504 e. The van der Waals surface area contributed by atoms with E-state index in [9.17, 15) is 50.1 Å². The molecular weight excluding hydrogens is 630 g/mol. The first-order valence-corrected chi connectivity index (χ1v) is 15.5. The Morgan fingerprint density at radius 2 is 1.75 bits per heavy atom. The van der Waals surface area contributed by atoms with Gasteiger partial charge in [0.05, 0.1) is 18.8 Å². The van der Waals surface area contributed by atoms with Gasteiger partial charge in [-0.15, -0.1) is 0 Å². The Hall–Kier alpha value is -4.31. The van der Waals surface area contributed by atoms with Gasteiger partial charge in [-0.05, 0) is 78.8 Å². The van der Waals surface area contributed by atoms with E-state index in [2.05, 4.69) is 0 Å². The molecule has 0 unspecified atom stereocenters. The summed E-state index contributed by atoms with van der Waals surface area (Å²) < 4.78 is 17.4. The maximum absolute atomic E-state index is 13.6. The standard InChI is InChI=1S/C34H39NO13/c35-11-12-46-27-5-2-19(13-26(27)40)1-4-22(37)18-47-34(31(43)44)16-29(42)33(45)10-9-32(8-7-23(34)30(33)48-32)28(41)6-3-20-14-24(38)25(39)15-21(20)17-36/h1-6,13-15,23,29-30,36,38-40,42,45H,7-12,16-18,35H2,(H,43,44)/b4-1+,6-3+/t23-,29+,30+,32-,33+,34-/m0/s1. The van der Waals surface area contributed by atoms with Crippen LogP contribution in [0.15, 0.2) is 42.5 Å². The topological polar surface area (TPSA) is 247 Å². The Bertz CT molecular complexity index is 1640. The number of rotatable bonds is 13. The van der Waals surface area contributed by atoms with Crippen molar-refractivity contribution in [3.05, 3.63) is 59.2 Å². The maximum Gasteiger partial charge on any atom is 0.336 e. The van der Waals surface area contributed by atoms with Crippen molar-refractivity contribution >= 4 is 29.7 Å². The fourth-order valence-electron chi connectivity index (χ4n) is 6.94. The number of aromatic hydroxyl groups is 3. The minimum absolute atomic E-state index is 0.0283. The highest BCUT2D eigenvalue weighted by molar-refractivity contribution is 6.00. The molecule has 14 heteroatoms. The average molecular weight is 670 g/mol. The molecule has 1 saturated carbocycles. The van der Waals surface area contributed by atoms with Gasteiger partial charge < -0.3 is 55.7 Å². The fraction of sp³-hybridized carbons (Fsp3) is 0.441. The summed E-state index contributed by atoms with van der Waals surface area (Å²) in [6, 6.07) is 6.83. The summed E-state index contributed by atoms with van der Waals surface area (Å²) in [4.78, 5) is 39.2. The predicted molar refractivity (Wildman–Crippen MR) is 168 cm³/mol. The van der Waals surface area contributed by atoms with Gasteiger partial charge in [0.2, 0.25) is 0 Å². The molecule has 48 heavy (non-hydrogen) atoms. The minimum atomic E-state index is -2.12. The highest BCUT2D eigenvalue weighted by Gasteiger charge is 2.70. The van der Waals surface area contributed by atoms with Crippen LogP contribution in [-0.4, -0.2) is 102 Å². The molecular formula is C34H39NO13. The summed E-state index contributed by atoms with van der Waals surface area (Å²) in [5.74, 6) is -4.43. The molecule has 5 rings (SSSR count). The Balaban J connectivity index is 1.33. The first-order chi connectivity index (χ1) is 22.8. The van der Waals surface area contributed by atoms with E-state index in [0.717, 1.165) is 12.1 Å². The number of phenols is 3. The first-order valence-electron chi connectivity index (χ1n) is 15.5. The van der Waals surface area contributed by atoms with Crippen LogP contribution < -0.4 is 10.5 Å². The molecule has 6 atom stereocenters. The number of carbonyl (C=O) groups is 3. The van der Waals surface area contributed by atoms with E-state index in [1.165, 1.54) is 36.4 Å². The normalized spacial score (nSPS) is 29.6. The van der Waals surface area contributed by atoms with Crippen LogP contribution in [0.5, 0.6) is 23.0 Å². The number of carbonyl (C=O) groups excluding carboxylic acids is 2. The number of ketones is 2. The molecule has 2 bridgehead atoms. The van der Waals surface area contributed by atoms with E-state index in [1.54, 1.807) is 6.07 Å². The Morgan fingerprint density at radius 3 is 2.44 bits per heavy atom. The SMILES string of the molecule is NCCOc1ccc(/C=C/C(=O)CO[C@@]2(C(=O)O)C[C@@H](O)[C@]3(O)CC[C@]4(C(=O)/C=C/c5cc(O)c(O)cc5CO)CC[C@H]2[C@H]3O4)cc1O. The van der Waals surface area contributed by atoms with Gasteiger partial charge >= 0.3 is 5.97 Å². The number of fused-ring (bicyclic) bond motifs is 1. The van der Waals surface area contributed by atoms with E-state index in [-0.39, 0.29) is 61.5 Å². The lowest BCUT2D eigenvalue weighted by Gasteiger charge is -2.61. The molecule has 1 aliphatic carbocycles. The molecule has 9 N–H and O–H groups in total. The van der Waals surface area contributed by atoms with Crippen molar-refractivity contribution in [2.24, 2.45) is 11.7 Å². The summed E-state index contributed by atoms with van der Waals surface area (Å²) in [6.45, 7) is -0.693. The number of carboxylic acid groups (broad SMARTS) is 1. The van der Waals surface area contributed by atoms with Crippen molar-refractivity contribution in [3.8, 4) is 23.0 Å². The number of hydrogen-bond donors (Lipinski definition) is 8. The van der Waals surface area contributed by atoms with E-state index >= 15 is 0 Å². The number of benzene rings is 2. The smallest absolute Gasteiger partial charge is 0.336 e. The zero-order valence-electron chi connectivity index (χ0n) is 25.9. The number of nitrogens with two attached hydrogens (primary N) is 1. The summed E-state index contributed by atoms with van der Waals surface area (Å²) in [5, 5.41) is 72.5. The lowest BCUT2D eigenvalue weighted by molar-refractivity contribution is -0.323. The van der Waals surface area contributed by atoms with Gasteiger partial charge in [-0.25, -0.2) is 4.79 Å². The lowest BCUT2D eigenvalue weighted by atomic mass is 9.56. The molecule has 0 spiro atoms. The number of aliphatic hydroxyl groups is 3. The lowest BCUT2D eigenvalue weighted by Crippen LogP contribution is -2.75. The zero-order chi connectivity index (χ0) is 34.9. The average Bonchev–Trinajstić information content (AvgIpc) is 3.06. The van der Waals surface area contributed by atoms with Crippen molar-refractivity contribution < 1.29 is 64.3 Å². The molecule has 0 radical (unpaired) electrons. The van der Waals surface area contributed by atoms with Gasteiger partial charge in [0.1, 0.15) is 24.4 Å². The second kappa shape index (κ2) is 13.7. The van der Waals surface area contributed by atoms with Gasteiger partial charge in [-0.1, -0.05) is 18.2 Å². The van der Waals surface area contributed by atoms with E-state index in [4.69, 9.17) is 19.9 Å². The van der Waals surface area contributed by atoms with Gasteiger partial charge in [0.25, 0.3) is 0 Å². The summed E-state index contributed by atoms with van der Waals surface area (Å²) in [7, 11) is 0. The summed E-state index contributed by atoms with van der Waals surface area (Å²) in [6.07, 6.45) is 1.71. The molecule has 2 saturated heterocycles. The van der Waals surface area contributed by atoms with Gasteiger partial charge in [-0.3, -0.25) is 9.59 Å². The van der Waals surface area contributed by atoms with Crippen LogP contribution in [0.4, 0.5) is 0 Å². The highest BCUT2D eigenvalue weighted by atomic mass is 16.6. The number of carboxylic acids is 1. The number of hydrogen-bond acceptors (Lipinski definition) is 13. The highest BCUT2D eigenvalue weighted by Crippen LogP contribution is 2.56. The monoisotopic (exact) mass is 669 g/mol. The number of aliphatic carboxylic acids is 1. The number of phenolic OH excluding ortho intramolecular Hbond substituents is 3. The van der Waals surface area contributed by atoms with E-state index in [1.807, 2.05) is 0 Å². The second-order valence-corrected chi connectivity index (χ2v) is 12.4. The van der Waals surface area contributed by atoms with Crippen LogP contribution >= 0.6 is 0 Å². The van der Waals surface area contributed by atoms with Crippen LogP contribution in [0.1, 0.15) is 48.8 Å². The fourth-order valence-corrected chi connectivity index (χ4v) is 6.94. The first kappa shape index (κ1) is 35.0. The van der Waals surface area contributed by atoms with Crippen molar-refractivity contribution in [3.63, 3.8) is 0 Å². The predicted octanol–water partition coefficient (Wildman–Crippen LogP) is 1.16. The van der Waals surface area contributed by atoms with Crippen LogP contribution in [0, 0.1) is 5.92 Å². The van der Waals surface area contributed by atoms with Gasteiger partial charge in [-0.2, -0.15) is 0 Å².